The molecule has 11 heteroatoms. The van der Waals surface area contributed by atoms with Crippen LogP contribution in [0.5, 0.6) is 0 Å². The molecule has 29 heavy (non-hydrogen) atoms. The molecule has 1 aromatic carbocycles. The van der Waals surface area contributed by atoms with Crippen molar-refractivity contribution in [3.05, 3.63) is 45.7 Å². The summed E-state index contributed by atoms with van der Waals surface area (Å²) in [4.78, 5) is 21.8. The molecule has 2 aromatic heterocycles. The molecule has 0 aliphatic carbocycles. The van der Waals surface area contributed by atoms with Gasteiger partial charge in [0.25, 0.3) is 5.91 Å². The smallest absolute Gasteiger partial charge is 0.293 e. The predicted molar refractivity (Wildman–Crippen MR) is 115 cm³/mol. The minimum Gasteiger partial charge on any atom is -0.394 e. The molecular formula is C18H17BFIN4O4. The zero-order chi connectivity index (χ0) is 21.1. The monoisotopic (exact) mass is 510 g/mol. The van der Waals surface area contributed by atoms with Gasteiger partial charge < -0.3 is 20.1 Å². The molecule has 1 amide bonds. The number of amides is 1. The Hall–Kier alpha value is -2.22. The molecule has 0 saturated carbocycles. The summed E-state index contributed by atoms with van der Waals surface area (Å²) in [5.74, 6) is -1.14. The van der Waals surface area contributed by atoms with Gasteiger partial charge in [0.05, 0.1) is 18.0 Å². The van der Waals surface area contributed by atoms with E-state index in [1.54, 1.807) is 23.7 Å². The van der Waals surface area contributed by atoms with Gasteiger partial charge in [-0.1, -0.05) is 5.46 Å². The van der Waals surface area contributed by atoms with Crippen LogP contribution in [0.15, 0.2) is 30.6 Å². The third-order valence-corrected chi connectivity index (χ3v) is 4.85. The molecule has 0 aliphatic rings. The van der Waals surface area contributed by atoms with Crippen molar-refractivity contribution in [2.45, 2.75) is 6.10 Å². The number of aliphatic hydroxyl groups excluding tert-OH is 2. The van der Waals surface area contributed by atoms with Gasteiger partial charge in [-0.15, -0.1) is 0 Å². The van der Waals surface area contributed by atoms with Gasteiger partial charge in [0.15, 0.2) is 0 Å². The summed E-state index contributed by atoms with van der Waals surface area (Å²) in [5.41, 5.74) is 3.68. The van der Waals surface area contributed by atoms with Gasteiger partial charge in [0.1, 0.15) is 32.1 Å². The molecule has 2 radical (unpaired) electrons. The van der Waals surface area contributed by atoms with E-state index < -0.39 is 24.4 Å². The van der Waals surface area contributed by atoms with Gasteiger partial charge in [0, 0.05) is 33.9 Å². The molecule has 150 valence electrons. The number of aryl methyl sites for hydroxylation is 1. The van der Waals surface area contributed by atoms with Gasteiger partial charge in [0.2, 0.25) is 0 Å². The van der Waals surface area contributed by atoms with Crippen molar-refractivity contribution in [3.63, 3.8) is 0 Å². The number of nitrogens with zero attached hydrogens (tertiary/aromatic N) is 2. The minimum atomic E-state index is -1.14. The highest BCUT2D eigenvalue weighted by atomic mass is 127. The molecule has 0 bridgehead atoms. The number of aromatic nitrogens is 2. The average Bonchev–Trinajstić information content (AvgIpc) is 2.96. The number of rotatable bonds is 7. The number of pyridine rings is 1. The molecule has 3 rings (SSSR count). The van der Waals surface area contributed by atoms with Crippen LogP contribution in [0.3, 0.4) is 0 Å². The van der Waals surface area contributed by atoms with Crippen LogP contribution < -0.4 is 16.3 Å². The van der Waals surface area contributed by atoms with Crippen LogP contribution in [0.25, 0.3) is 10.9 Å². The summed E-state index contributed by atoms with van der Waals surface area (Å²) in [6.45, 7) is -0.810. The van der Waals surface area contributed by atoms with Crippen LogP contribution in [0.4, 0.5) is 15.8 Å². The molecule has 8 nitrogen and oxygen atoms in total. The van der Waals surface area contributed by atoms with Gasteiger partial charge in [-0.3, -0.25) is 14.6 Å². The predicted octanol–water partition coefficient (Wildman–Crippen LogP) is 0.869. The van der Waals surface area contributed by atoms with E-state index in [-0.39, 0.29) is 18.0 Å². The van der Waals surface area contributed by atoms with Gasteiger partial charge in [-0.05, 0) is 40.8 Å². The lowest BCUT2D eigenvalue weighted by Gasteiger charge is -2.13. The van der Waals surface area contributed by atoms with Crippen LogP contribution in [-0.4, -0.2) is 52.8 Å². The Bertz CT molecular complexity index is 1060. The van der Waals surface area contributed by atoms with E-state index in [1.807, 2.05) is 22.6 Å². The Morgan fingerprint density at radius 3 is 2.90 bits per heavy atom. The fourth-order valence-electron chi connectivity index (χ4n) is 2.86. The summed E-state index contributed by atoms with van der Waals surface area (Å²) in [6, 6.07) is 4.65. The second kappa shape index (κ2) is 9.07. The van der Waals surface area contributed by atoms with E-state index in [1.165, 1.54) is 18.5 Å². The van der Waals surface area contributed by atoms with Crippen molar-refractivity contribution >= 4 is 64.1 Å². The first kappa shape index (κ1) is 21.5. The lowest BCUT2D eigenvalue weighted by molar-refractivity contribution is -0.0297. The maximum absolute atomic E-state index is 14.4. The van der Waals surface area contributed by atoms with E-state index >= 15 is 0 Å². The van der Waals surface area contributed by atoms with Crippen molar-refractivity contribution in [2.24, 2.45) is 7.05 Å². The van der Waals surface area contributed by atoms with E-state index in [2.05, 4.69) is 15.8 Å². The van der Waals surface area contributed by atoms with Crippen molar-refractivity contribution < 1.29 is 24.2 Å². The maximum atomic E-state index is 14.4. The Labute approximate surface area is 180 Å². The Morgan fingerprint density at radius 2 is 2.21 bits per heavy atom. The second-order valence-corrected chi connectivity index (χ2v) is 7.48. The fraction of sp³-hybridized carbons (Fsp3) is 0.222. The second-order valence-electron chi connectivity index (χ2n) is 6.24. The summed E-state index contributed by atoms with van der Waals surface area (Å²) in [6.07, 6.45) is 1.83. The van der Waals surface area contributed by atoms with E-state index in [9.17, 15) is 14.3 Å². The fourth-order valence-corrected chi connectivity index (χ4v) is 3.31. The topological polar surface area (TPSA) is 109 Å². The molecule has 3 aromatic rings. The van der Waals surface area contributed by atoms with E-state index in [4.69, 9.17) is 17.8 Å². The summed E-state index contributed by atoms with van der Waals surface area (Å²) >= 11 is 2.00. The highest BCUT2D eigenvalue weighted by Gasteiger charge is 2.23. The van der Waals surface area contributed by atoms with Crippen molar-refractivity contribution in [1.82, 2.24) is 15.0 Å². The van der Waals surface area contributed by atoms with Crippen molar-refractivity contribution in [1.29, 1.82) is 0 Å². The first-order valence-corrected chi connectivity index (χ1v) is 9.56. The number of nitrogens with one attached hydrogen (secondary N) is 2. The zero-order valence-electron chi connectivity index (χ0n) is 15.3. The maximum Gasteiger partial charge on any atom is 0.293 e. The van der Waals surface area contributed by atoms with Crippen molar-refractivity contribution in [3.8, 4) is 0 Å². The summed E-state index contributed by atoms with van der Waals surface area (Å²) in [5, 5.41) is 21.6. The van der Waals surface area contributed by atoms with Crippen LogP contribution in [0.1, 0.15) is 10.5 Å². The Morgan fingerprint density at radius 1 is 1.45 bits per heavy atom. The highest BCUT2D eigenvalue weighted by molar-refractivity contribution is 14.1. The first-order valence-electron chi connectivity index (χ1n) is 8.48. The minimum absolute atomic E-state index is 0.121. The molecule has 2 heterocycles. The van der Waals surface area contributed by atoms with Crippen LogP contribution in [0.2, 0.25) is 0 Å². The zero-order valence-corrected chi connectivity index (χ0v) is 17.5. The standard InChI is InChI=1S/C18H17BFIN4O4/c1-25-16-11(5-22-6-12(16)19)15(23-14-3-2-9(21)4-13(14)20)17(25)18(28)24-29-8-10(27)7-26/h2-6,10,23,26-27H,7-8H2,1H3,(H,24,28)/t10-/m1/s1. The summed E-state index contributed by atoms with van der Waals surface area (Å²) < 4.78 is 16.7. The number of hydroxylamine groups is 1. The third-order valence-electron chi connectivity index (χ3n) is 4.18. The molecule has 0 fully saturated rings. The van der Waals surface area contributed by atoms with Gasteiger partial charge in [-0.2, -0.15) is 0 Å². The average molecular weight is 510 g/mol. The van der Waals surface area contributed by atoms with Crippen LogP contribution in [-0.2, 0) is 11.9 Å². The van der Waals surface area contributed by atoms with E-state index in [0.717, 1.165) is 3.57 Å². The Kier molecular flexibility index (Phi) is 6.72. The molecule has 0 saturated heterocycles. The number of benzene rings is 1. The van der Waals surface area contributed by atoms with Crippen molar-refractivity contribution in [2.75, 3.05) is 18.5 Å². The number of hydrogen-bond acceptors (Lipinski definition) is 6. The van der Waals surface area contributed by atoms with Gasteiger partial charge in [-0.25, -0.2) is 9.87 Å². The number of hydrogen-bond donors (Lipinski definition) is 4. The van der Waals surface area contributed by atoms with Crippen LogP contribution >= 0.6 is 22.6 Å². The van der Waals surface area contributed by atoms with E-state index in [0.29, 0.717) is 22.1 Å². The molecule has 0 unspecified atom stereocenters. The molecular weight excluding hydrogens is 493 g/mol. The largest absolute Gasteiger partial charge is 0.394 e. The van der Waals surface area contributed by atoms with Gasteiger partial charge >= 0.3 is 0 Å². The SMILES string of the molecule is [B]c1cncc2c(Nc3ccc(I)cc3F)c(C(=O)NOC[C@H](O)CO)n(C)c12. The van der Waals surface area contributed by atoms with Crippen LogP contribution in [0, 0.1) is 9.39 Å². The number of fused-ring (bicyclic) bond motifs is 1. The number of halogens is 2. The molecule has 1 atom stereocenters. The summed E-state index contributed by atoms with van der Waals surface area (Å²) in [7, 11) is 7.66. The molecule has 0 aliphatic heterocycles. The molecule has 0 spiro atoms. The number of aliphatic hydroxyl groups is 2. The first-order chi connectivity index (χ1) is 13.8. The Balaban J connectivity index is 2.03. The molecule has 4 N–H and O–H groups in total. The number of anilines is 2. The number of carbonyl (C=O) groups excluding carboxylic acids is 1. The lowest BCUT2D eigenvalue weighted by atomic mass is 9.96. The number of carbonyl (C=O) groups is 1. The normalized spacial score (nSPS) is 12.2. The highest BCUT2D eigenvalue weighted by Crippen LogP contribution is 2.32. The lowest BCUT2D eigenvalue weighted by Crippen LogP contribution is -2.31. The third kappa shape index (κ3) is 4.52. The quantitative estimate of drug-likeness (QED) is 0.214.